The molecule has 0 aliphatic heterocycles. The molecule has 0 aliphatic carbocycles. The van der Waals surface area contributed by atoms with Gasteiger partial charge in [-0.1, -0.05) is 32.0 Å². The summed E-state index contributed by atoms with van der Waals surface area (Å²) in [7, 11) is -3.37. The second-order valence-corrected chi connectivity index (χ2v) is 8.58. The molecule has 0 heterocycles. The third-order valence-electron chi connectivity index (χ3n) is 3.83. The van der Waals surface area contributed by atoms with Crippen LogP contribution in [0.15, 0.2) is 54.6 Å². The van der Waals surface area contributed by atoms with Crippen molar-refractivity contribution in [2.45, 2.75) is 19.9 Å². The molecule has 156 valence electrons. The Morgan fingerprint density at radius 1 is 0.966 bits per heavy atom. The van der Waals surface area contributed by atoms with Crippen LogP contribution in [0.3, 0.4) is 0 Å². The number of rotatable bonds is 9. The van der Waals surface area contributed by atoms with Crippen LogP contribution in [0.2, 0.25) is 0 Å². The van der Waals surface area contributed by atoms with Crippen molar-refractivity contribution in [3.63, 3.8) is 0 Å². The van der Waals surface area contributed by atoms with E-state index in [4.69, 9.17) is 4.74 Å². The first kappa shape index (κ1) is 22.2. The van der Waals surface area contributed by atoms with E-state index in [1.54, 1.807) is 36.4 Å². The smallest absolute Gasteiger partial charge is 0.258 e. The third kappa shape index (κ3) is 7.82. The van der Waals surface area contributed by atoms with Crippen LogP contribution in [0.5, 0.6) is 5.75 Å². The van der Waals surface area contributed by atoms with Gasteiger partial charge < -0.3 is 15.4 Å². The molecule has 8 nitrogen and oxygen atoms in total. The summed E-state index contributed by atoms with van der Waals surface area (Å²) in [6, 6.07) is 14.4. The summed E-state index contributed by atoms with van der Waals surface area (Å²) >= 11 is 0. The maximum absolute atomic E-state index is 12.6. The number of ether oxygens (including phenoxy) is 1. The number of carbonyl (C=O) groups excluding carboxylic acids is 2. The van der Waals surface area contributed by atoms with Crippen molar-refractivity contribution >= 4 is 33.2 Å². The van der Waals surface area contributed by atoms with E-state index in [1.165, 1.54) is 12.1 Å². The van der Waals surface area contributed by atoms with Crippen LogP contribution in [0.25, 0.3) is 0 Å². The molecule has 1 atom stereocenters. The molecule has 0 bridgehead atoms. The zero-order chi connectivity index (χ0) is 21.4. The van der Waals surface area contributed by atoms with Crippen molar-refractivity contribution in [3.8, 4) is 5.75 Å². The van der Waals surface area contributed by atoms with Crippen molar-refractivity contribution in [1.82, 2.24) is 5.32 Å². The van der Waals surface area contributed by atoms with E-state index in [9.17, 15) is 18.0 Å². The molecule has 2 aromatic carbocycles. The summed E-state index contributed by atoms with van der Waals surface area (Å²) in [5.74, 6) is -0.370. The maximum atomic E-state index is 12.6. The summed E-state index contributed by atoms with van der Waals surface area (Å²) in [6.45, 7) is 3.44. The summed E-state index contributed by atoms with van der Waals surface area (Å²) in [6.07, 6.45) is 1.06. The Labute approximate surface area is 170 Å². The fourth-order valence-corrected chi connectivity index (χ4v) is 3.04. The lowest BCUT2D eigenvalue weighted by atomic mass is 10.0. The van der Waals surface area contributed by atoms with E-state index in [2.05, 4.69) is 15.4 Å². The fourth-order valence-electron chi connectivity index (χ4n) is 2.47. The predicted molar refractivity (Wildman–Crippen MR) is 112 cm³/mol. The van der Waals surface area contributed by atoms with E-state index in [0.717, 1.165) is 6.26 Å². The highest BCUT2D eigenvalue weighted by molar-refractivity contribution is 7.92. The van der Waals surface area contributed by atoms with Crippen molar-refractivity contribution < 1.29 is 22.7 Å². The number of carbonyl (C=O) groups is 2. The van der Waals surface area contributed by atoms with Gasteiger partial charge in [-0.2, -0.15) is 0 Å². The molecule has 0 aromatic heterocycles. The summed E-state index contributed by atoms with van der Waals surface area (Å²) in [4.78, 5) is 24.8. The van der Waals surface area contributed by atoms with Gasteiger partial charge in [0, 0.05) is 11.4 Å². The van der Waals surface area contributed by atoms with Crippen LogP contribution in [0, 0.1) is 5.92 Å². The largest absolute Gasteiger partial charge is 0.484 e. The normalized spacial score (nSPS) is 12.1. The molecule has 0 spiro atoms. The molecule has 0 aliphatic rings. The molecule has 3 N–H and O–H groups in total. The zero-order valence-corrected chi connectivity index (χ0v) is 17.3. The van der Waals surface area contributed by atoms with Crippen LogP contribution in [0.4, 0.5) is 11.4 Å². The van der Waals surface area contributed by atoms with Gasteiger partial charge in [0.15, 0.2) is 6.61 Å². The molecule has 2 rings (SSSR count). The molecular formula is C20H25N3O5S. The number of hydrogen-bond donors (Lipinski definition) is 3. The van der Waals surface area contributed by atoms with Gasteiger partial charge in [-0.15, -0.1) is 0 Å². The second-order valence-electron chi connectivity index (χ2n) is 6.83. The number of anilines is 2. The highest BCUT2D eigenvalue weighted by atomic mass is 32.2. The number of para-hydroxylation sites is 1. The summed E-state index contributed by atoms with van der Waals surface area (Å²) < 4.78 is 30.2. The van der Waals surface area contributed by atoms with Gasteiger partial charge in [-0.3, -0.25) is 14.3 Å². The SMILES string of the molecule is CC(C)[C@@H](NC(=O)COc1ccccc1)C(=O)Nc1ccc(NS(C)(=O)=O)cc1. The van der Waals surface area contributed by atoms with Gasteiger partial charge in [0.2, 0.25) is 15.9 Å². The van der Waals surface area contributed by atoms with E-state index < -0.39 is 22.0 Å². The minimum atomic E-state index is -3.37. The zero-order valence-electron chi connectivity index (χ0n) is 16.5. The molecule has 29 heavy (non-hydrogen) atoms. The Hall–Kier alpha value is -3.07. The average Bonchev–Trinajstić information content (AvgIpc) is 2.65. The summed E-state index contributed by atoms with van der Waals surface area (Å²) in [5, 5.41) is 5.40. The fraction of sp³-hybridized carbons (Fsp3) is 0.300. The van der Waals surface area contributed by atoms with Gasteiger partial charge in [-0.05, 0) is 42.3 Å². The monoisotopic (exact) mass is 419 g/mol. The topological polar surface area (TPSA) is 114 Å². The van der Waals surface area contributed by atoms with Gasteiger partial charge in [0.1, 0.15) is 11.8 Å². The van der Waals surface area contributed by atoms with E-state index in [0.29, 0.717) is 17.1 Å². The van der Waals surface area contributed by atoms with Crippen LogP contribution < -0.4 is 20.1 Å². The van der Waals surface area contributed by atoms with Crippen molar-refractivity contribution in [2.24, 2.45) is 5.92 Å². The molecule has 2 aromatic rings. The average molecular weight is 420 g/mol. The first-order valence-corrected chi connectivity index (χ1v) is 10.9. The molecule has 2 amide bonds. The predicted octanol–water partition coefficient (Wildman–Crippen LogP) is 2.22. The molecule has 0 fully saturated rings. The number of amides is 2. The van der Waals surface area contributed by atoms with Crippen LogP contribution in [0.1, 0.15) is 13.8 Å². The summed E-state index contributed by atoms with van der Waals surface area (Å²) in [5.41, 5.74) is 0.867. The van der Waals surface area contributed by atoms with E-state index in [-0.39, 0.29) is 18.4 Å². The Morgan fingerprint density at radius 3 is 2.10 bits per heavy atom. The van der Waals surface area contributed by atoms with Crippen LogP contribution in [-0.2, 0) is 19.6 Å². The van der Waals surface area contributed by atoms with Crippen molar-refractivity contribution in [2.75, 3.05) is 22.9 Å². The first-order chi connectivity index (χ1) is 13.6. The third-order valence-corrected chi connectivity index (χ3v) is 4.44. The first-order valence-electron chi connectivity index (χ1n) is 9.00. The van der Waals surface area contributed by atoms with Crippen LogP contribution >= 0.6 is 0 Å². The highest BCUT2D eigenvalue weighted by Gasteiger charge is 2.24. The number of sulfonamides is 1. The maximum Gasteiger partial charge on any atom is 0.258 e. The van der Waals surface area contributed by atoms with E-state index in [1.807, 2.05) is 19.9 Å². The van der Waals surface area contributed by atoms with E-state index >= 15 is 0 Å². The van der Waals surface area contributed by atoms with Gasteiger partial charge >= 0.3 is 0 Å². The minimum absolute atomic E-state index is 0.151. The molecule has 9 heteroatoms. The van der Waals surface area contributed by atoms with Crippen molar-refractivity contribution in [3.05, 3.63) is 54.6 Å². The number of hydrogen-bond acceptors (Lipinski definition) is 5. The lowest BCUT2D eigenvalue weighted by Crippen LogP contribution is -2.48. The van der Waals surface area contributed by atoms with Crippen molar-refractivity contribution in [1.29, 1.82) is 0 Å². The molecule has 0 saturated carbocycles. The Kier molecular flexibility index (Phi) is 7.60. The lowest BCUT2D eigenvalue weighted by molar-refractivity contribution is -0.128. The number of nitrogens with one attached hydrogen (secondary N) is 3. The Morgan fingerprint density at radius 2 is 1.55 bits per heavy atom. The molecule has 0 radical (unpaired) electrons. The van der Waals surface area contributed by atoms with Gasteiger partial charge in [-0.25, -0.2) is 8.42 Å². The lowest BCUT2D eigenvalue weighted by Gasteiger charge is -2.22. The van der Waals surface area contributed by atoms with Gasteiger partial charge in [0.05, 0.1) is 6.26 Å². The molecule has 0 unspecified atom stereocenters. The standard InChI is InChI=1S/C20H25N3O5S/c1-14(2)19(22-18(24)13-28-17-7-5-4-6-8-17)20(25)21-15-9-11-16(12-10-15)23-29(3,26)27/h4-12,14,19,23H,13H2,1-3H3,(H,21,25)(H,22,24)/t19-/m1/s1. The molecular weight excluding hydrogens is 394 g/mol. The highest BCUT2D eigenvalue weighted by Crippen LogP contribution is 2.16. The Balaban J connectivity index is 1.93. The quantitative estimate of drug-likeness (QED) is 0.577. The molecule has 0 saturated heterocycles. The number of benzene rings is 2. The Bertz CT molecular complexity index is 928. The minimum Gasteiger partial charge on any atom is -0.484 e. The van der Waals surface area contributed by atoms with Gasteiger partial charge in [0.25, 0.3) is 5.91 Å². The van der Waals surface area contributed by atoms with Crippen LogP contribution in [-0.4, -0.2) is 39.1 Å². The second kappa shape index (κ2) is 9.92.